The minimum absolute atomic E-state index is 0.585. The molecule has 4 nitrogen and oxygen atoms in total. The number of benzene rings is 5. The van der Waals surface area contributed by atoms with E-state index in [-0.39, 0.29) is 0 Å². The zero-order chi connectivity index (χ0) is 35.5. The van der Waals surface area contributed by atoms with Crippen molar-refractivity contribution >= 4 is 45.4 Å². The monoisotopic (exact) mass is 699 g/mol. The Balaban J connectivity index is 1.41. The fourth-order valence-corrected chi connectivity index (χ4v) is 13.5. The van der Waals surface area contributed by atoms with Gasteiger partial charge in [0.1, 0.15) is 0 Å². The minimum Gasteiger partial charge on any atom is -0.493 e. The Kier molecular flexibility index (Phi) is 9.44. The third kappa shape index (κ3) is 5.89. The molecule has 0 amide bonds. The summed E-state index contributed by atoms with van der Waals surface area (Å²) in [6.45, 7) is 0. The lowest BCUT2D eigenvalue weighted by Gasteiger charge is -2.37. The highest BCUT2D eigenvalue weighted by Gasteiger charge is 2.43. The molecule has 0 fully saturated rings. The molecule has 0 spiro atoms. The number of methoxy groups -OCH3 is 3. The van der Waals surface area contributed by atoms with Crippen LogP contribution in [0.2, 0.25) is 0 Å². The third-order valence-electron chi connectivity index (χ3n) is 10.9. The van der Waals surface area contributed by atoms with Gasteiger partial charge in [-0.05, 0) is 77.8 Å². The average molecular weight is 700 g/mol. The first kappa shape index (κ1) is 33.6. The molecule has 0 unspecified atom stereocenters. The molecule has 2 aliphatic carbocycles. The van der Waals surface area contributed by atoms with Gasteiger partial charge in [0.25, 0.3) is 0 Å². The van der Waals surface area contributed by atoms with Crippen LogP contribution in [0.3, 0.4) is 0 Å². The van der Waals surface area contributed by atoms with Crippen LogP contribution in [0, 0.1) is 0 Å². The highest BCUT2D eigenvalue weighted by Crippen LogP contribution is 2.42. The van der Waals surface area contributed by atoms with Crippen molar-refractivity contribution in [1.82, 2.24) is 4.57 Å². The van der Waals surface area contributed by atoms with Gasteiger partial charge in [0, 0.05) is 22.9 Å². The van der Waals surface area contributed by atoms with Gasteiger partial charge >= 0.3 is 0 Å². The molecule has 5 aromatic carbocycles. The average Bonchev–Trinajstić information content (AvgIpc) is 3.54. The largest absolute Gasteiger partial charge is 0.493 e. The highest BCUT2D eigenvalue weighted by molar-refractivity contribution is 7.16. The summed E-state index contributed by atoms with van der Waals surface area (Å²) in [6.07, 6.45) is 20.2. The number of rotatable bonds is 11. The molecule has 0 saturated heterocycles. The molecule has 0 bridgehead atoms. The molecule has 0 atom stereocenters. The number of aryl methyl sites for hydroxylation is 1. The van der Waals surface area contributed by atoms with Crippen LogP contribution in [0.5, 0.6) is 17.2 Å². The normalized spacial score (nSPS) is 14.4. The molecule has 0 N–H and O–H groups in total. The zero-order valence-electron chi connectivity index (χ0n) is 30.3. The Morgan fingerprint density at radius 3 is 1.77 bits per heavy atom. The van der Waals surface area contributed by atoms with E-state index in [4.69, 9.17) is 14.2 Å². The van der Waals surface area contributed by atoms with Crippen LogP contribution in [0.4, 0.5) is 0 Å². The van der Waals surface area contributed by atoms with Gasteiger partial charge in [0.05, 0.1) is 38.1 Å². The van der Waals surface area contributed by atoms with E-state index in [1.54, 1.807) is 21.3 Å². The number of fused-ring (bicyclic) bond motifs is 3. The van der Waals surface area contributed by atoms with Crippen molar-refractivity contribution in [3.05, 3.63) is 162 Å². The van der Waals surface area contributed by atoms with Crippen molar-refractivity contribution in [1.29, 1.82) is 0 Å². The van der Waals surface area contributed by atoms with Crippen LogP contribution in [0.25, 0.3) is 27.5 Å². The summed E-state index contributed by atoms with van der Waals surface area (Å²) in [5.41, 5.74) is 6.14. The topological polar surface area (TPSA) is 32.6 Å². The molecular weight excluding hydrogens is 655 g/mol. The van der Waals surface area contributed by atoms with Crippen molar-refractivity contribution in [2.24, 2.45) is 0 Å². The molecule has 2 aliphatic rings. The number of hydrogen-bond acceptors (Lipinski definition) is 3. The van der Waals surface area contributed by atoms with Crippen LogP contribution < -0.4 is 29.8 Å². The van der Waals surface area contributed by atoms with Gasteiger partial charge in [0.15, 0.2) is 19.6 Å². The van der Waals surface area contributed by atoms with E-state index in [0.29, 0.717) is 17.2 Å². The zero-order valence-corrected chi connectivity index (χ0v) is 31.3. The van der Waals surface area contributed by atoms with Crippen molar-refractivity contribution in [2.75, 3.05) is 21.3 Å². The summed E-state index contributed by atoms with van der Waals surface area (Å²) < 4.78 is 19.8. The maximum Gasteiger partial charge on any atom is 0.203 e. The second kappa shape index (κ2) is 14.6. The van der Waals surface area contributed by atoms with Crippen molar-refractivity contribution in [3.63, 3.8) is 0 Å². The van der Waals surface area contributed by atoms with Crippen molar-refractivity contribution in [3.8, 4) is 22.9 Å². The van der Waals surface area contributed by atoms with Gasteiger partial charge in [-0.3, -0.25) is 0 Å². The van der Waals surface area contributed by atoms with Crippen LogP contribution in [0.15, 0.2) is 156 Å². The molecule has 260 valence electrons. The number of ether oxygens (including phenoxy) is 3. The number of aromatic nitrogens is 1. The molecule has 1 aromatic heterocycles. The standard InChI is InChI=1S/C47H45NO3Si/c1-49-45-31-36(32-46(50-2)47(45)51-3)48-43-28-26-35(25-24-34-16-8-4-9-17-34)30-41(43)42-33-40(27-29-44(42)48)52(37-18-10-5-11-19-37,38-20-12-6-13-21-38)39-22-14-7-15-23-39/h4-8,10-14,16,18-22,26-33H,9,15,17,23-25H2,1-3H3. The van der Waals surface area contributed by atoms with E-state index in [1.165, 1.54) is 42.7 Å². The Hall–Kier alpha value is -5.52. The lowest BCUT2D eigenvalue weighted by molar-refractivity contribution is 0.324. The fourth-order valence-electron chi connectivity index (χ4n) is 8.45. The first-order chi connectivity index (χ1) is 25.6. The Labute approximate surface area is 308 Å². The van der Waals surface area contributed by atoms with E-state index in [0.717, 1.165) is 55.2 Å². The fraction of sp³-hybridized carbons (Fsp3) is 0.191. The van der Waals surface area contributed by atoms with Gasteiger partial charge in [-0.25, -0.2) is 0 Å². The van der Waals surface area contributed by atoms with Crippen LogP contribution in [-0.2, 0) is 6.42 Å². The third-order valence-corrected chi connectivity index (χ3v) is 15.9. The highest BCUT2D eigenvalue weighted by atomic mass is 28.3. The molecule has 0 aliphatic heterocycles. The van der Waals surface area contributed by atoms with Gasteiger partial charge in [-0.1, -0.05) is 126 Å². The molecule has 52 heavy (non-hydrogen) atoms. The second-order valence-electron chi connectivity index (χ2n) is 13.7. The van der Waals surface area contributed by atoms with E-state index in [9.17, 15) is 0 Å². The minimum atomic E-state index is -2.66. The van der Waals surface area contributed by atoms with E-state index in [2.05, 4.69) is 150 Å². The Morgan fingerprint density at radius 2 is 1.19 bits per heavy atom. The summed E-state index contributed by atoms with van der Waals surface area (Å²) in [5.74, 6) is 1.85. The molecule has 0 saturated carbocycles. The summed E-state index contributed by atoms with van der Waals surface area (Å²) in [5, 5.41) is 8.25. The molecular formula is C47H45NO3Si. The number of hydrogen-bond donors (Lipinski definition) is 0. The van der Waals surface area contributed by atoms with Crippen molar-refractivity contribution < 1.29 is 14.2 Å². The SMILES string of the molecule is COc1cc(-n2c3ccc(CCC4=CC=CCC4)cc3c3cc([Si](C4=CC=CCC4)(c4ccccc4)c4ccccc4)ccc32)cc(OC)c1OC. The maximum absolute atomic E-state index is 5.84. The summed E-state index contributed by atoms with van der Waals surface area (Å²) in [4.78, 5) is 0. The lowest BCUT2D eigenvalue weighted by Crippen LogP contribution is -2.68. The van der Waals surface area contributed by atoms with Crippen molar-refractivity contribution in [2.45, 2.75) is 38.5 Å². The predicted molar refractivity (Wildman–Crippen MR) is 219 cm³/mol. The second-order valence-corrected chi connectivity index (χ2v) is 17.6. The summed E-state index contributed by atoms with van der Waals surface area (Å²) in [7, 11) is 2.34. The van der Waals surface area contributed by atoms with Crippen LogP contribution in [0.1, 0.15) is 37.7 Å². The van der Waals surface area contributed by atoms with Gasteiger partial charge in [0.2, 0.25) is 5.75 Å². The van der Waals surface area contributed by atoms with E-state index in [1.807, 2.05) is 0 Å². The summed E-state index contributed by atoms with van der Waals surface area (Å²) in [6, 6.07) is 41.0. The Morgan fingerprint density at radius 1 is 0.577 bits per heavy atom. The van der Waals surface area contributed by atoms with Gasteiger partial charge in [-0.15, -0.1) is 0 Å². The first-order valence-corrected chi connectivity index (χ1v) is 20.4. The predicted octanol–water partition coefficient (Wildman–Crippen LogP) is 9.30. The molecule has 6 aromatic rings. The smallest absolute Gasteiger partial charge is 0.203 e. The summed E-state index contributed by atoms with van der Waals surface area (Å²) >= 11 is 0. The lowest BCUT2D eigenvalue weighted by atomic mass is 9.97. The van der Waals surface area contributed by atoms with E-state index < -0.39 is 8.07 Å². The molecule has 5 heteroatoms. The Bertz CT molecular complexity index is 2300. The van der Waals surface area contributed by atoms with Crippen LogP contribution >= 0.6 is 0 Å². The number of nitrogens with zero attached hydrogens (tertiary/aromatic N) is 1. The van der Waals surface area contributed by atoms with Crippen LogP contribution in [-0.4, -0.2) is 34.0 Å². The number of allylic oxidation sites excluding steroid dienone is 8. The quantitative estimate of drug-likeness (QED) is 0.0999. The molecule has 8 rings (SSSR count). The first-order valence-electron chi connectivity index (χ1n) is 18.4. The van der Waals surface area contributed by atoms with Gasteiger partial charge in [-0.2, -0.15) is 0 Å². The molecule has 0 radical (unpaired) electrons. The van der Waals surface area contributed by atoms with E-state index >= 15 is 0 Å². The maximum atomic E-state index is 5.84. The van der Waals surface area contributed by atoms with Gasteiger partial charge < -0.3 is 18.8 Å². The molecule has 1 heterocycles.